The summed E-state index contributed by atoms with van der Waals surface area (Å²) in [7, 11) is 0. The van der Waals surface area contributed by atoms with E-state index in [1.165, 1.54) is 18.4 Å². The van der Waals surface area contributed by atoms with Crippen LogP contribution in [0.25, 0.3) is 0 Å². The molecule has 1 saturated carbocycles. The summed E-state index contributed by atoms with van der Waals surface area (Å²) in [4.78, 5) is 0. The van der Waals surface area contributed by atoms with Gasteiger partial charge in [-0.05, 0) is 55.8 Å². The van der Waals surface area contributed by atoms with Gasteiger partial charge in [0.1, 0.15) is 5.82 Å². The van der Waals surface area contributed by atoms with E-state index < -0.39 is 0 Å². The Morgan fingerprint density at radius 1 is 1.21 bits per heavy atom. The van der Waals surface area contributed by atoms with Crippen LogP contribution in [0.1, 0.15) is 44.1 Å². The molecule has 1 aromatic rings. The zero-order valence-electron chi connectivity index (χ0n) is 11.7. The van der Waals surface area contributed by atoms with E-state index >= 15 is 0 Å². The average Bonchev–Trinajstić information content (AvgIpc) is 2.37. The fourth-order valence-electron chi connectivity index (χ4n) is 2.52. The van der Waals surface area contributed by atoms with Crippen molar-refractivity contribution in [3.05, 3.63) is 35.6 Å². The first-order valence-electron chi connectivity index (χ1n) is 7.36. The lowest BCUT2D eigenvalue weighted by atomic mass is 9.76. The van der Waals surface area contributed by atoms with Gasteiger partial charge in [0.15, 0.2) is 0 Å². The van der Waals surface area contributed by atoms with Crippen LogP contribution in [0.5, 0.6) is 0 Å². The largest absolute Gasteiger partial charge is 0.381 e. The number of rotatable bonds is 8. The van der Waals surface area contributed by atoms with Gasteiger partial charge in [0.05, 0.1) is 0 Å². The summed E-state index contributed by atoms with van der Waals surface area (Å²) in [6.45, 7) is 4.89. The van der Waals surface area contributed by atoms with Crippen molar-refractivity contribution in [2.75, 3.05) is 19.8 Å². The molecule has 0 radical (unpaired) electrons. The normalized spacial score (nSPS) is 22.2. The predicted octanol–water partition coefficient (Wildman–Crippen LogP) is 3.48. The second kappa shape index (κ2) is 7.61. The lowest BCUT2D eigenvalue weighted by Gasteiger charge is -2.36. The third-order valence-corrected chi connectivity index (χ3v) is 3.73. The molecule has 0 spiro atoms. The number of hydrogen-bond acceptors (Lipinski definition) is 2. The summed E-state index contributed by atoms with van der Waals surface area (Å²) in [5.74, 6) is 0.458. The highest BCUT2D eigenvalue weighted by molar-refractivity contribution is 5.23. The van der Waals surface area contributed by atoms with E-state index in [4.69, 9.17) is 4.74 Å². The molecule has 3 heteroatoms. The average molecular weight is 265 g/mol. The minimum absolute atomic E-state index is 0.148. The Morgan fingerprint density at radius 2 is 1.95 bits per heavy atom. The Balaban J connectivity index is 1.55. The van der Waals surface area contributed by atoms with Crippen LogP contribution in [0.15, 0.2) is 24.3 Å². The minimum atomic E-state index is -0.148. The van der Waals surface area contributed by atoms with Crippen LogP contribution < -0.4 is 5.32 Å². The Labute approximate surface area is 115 Å². The molecular weight excluding hydrogens is 241 g/mol. The van der Waals surface area contributed by atoms with Crippen LogP contribution in [0.4, 0.5) is 4.39 Å². The molecule has 0 heterocycles. The van der Waals surface area contributed by atoms with Gasteiger partial charge < -0.3 is 10.1 Å². The summed E-state index contributed by atoms with van der Waals surface area (Å²) in [5, 5.41) is 3.55. The molecule has 0 aliphatic heterocycles. The molecule has 0 atom stereocenters. The maximum atomic E-state index is 12.8. The van der Waals surface area contributed by atoms with Gasteiger partial charge in [-0.1, -0.05) is 19.1 Å². The van der Waals surface area contributed by atoms with Gasteiger partial charge in [-0.3, -0.25) is 0 Å². The highest BCUT2D eigenvalue weighted by Gasteiger charge is 2.29. The predicted molar refractivity (Wildman–Crippen MR) is 75.9 cm³/mol. The van der Waals surface area contributed by atoms with E-state index in [1.807, 2.05) is 12.1 Å². The monoisotopic (exact) mass is 265 g/mol. The van der Waals surface area contributed by atoms with Crippen LogP contribution >= 0.6 is 0 Å². The van der Waals surface area contributed by atoms with Gasteiger partial charge >= 0.3 is 0 Å². The molecule has 0 aromatic heterocycles. The highest BCUT2D eigenvalue weighted by Crippen LogP contribution is 2.36. The molecule has 0 saturated heterocycles. The molecular formula is C16H24FNO. The van der Waals surface area contributed by atoms with Crippen molar-refractivity contribution >= 4 is 0 Å². The molecule has 1 aromatic carbocycles. The SMILES string of the molecule is CCCOCCCNC1CC(c2ccc(F)cc2)C1. The van der Waals surface area contributed by atoms with Crippen LogP contribution in [-0.4, -0.2) is 25.8 Å². The first-order chi connectivity index (χ1) is 9.29. The standard InChI is InChI=1S/C16H24FNO/c1-2-9-19-10-3-8-18-16-11-14(12-16)13-4-6-15(17)7-5-13/h4-7,14,16,18H,2-3,8-12H2,1H3. The van der Waals surface area contributed by atoms with Crippen LogP contribution in [-0.2, 0) is 4.74 Å². The zero-order valence-corrected chi connectivity index (χ0v) is 11.7. The van der Waals surface area contributed by atoms with E-state index in [1.54, 1.807) is 12.1 Å². The Bertz CT molecular complexity index is 360. The third kappa shape index (κ3) is 4.59. The fourth-order valence-corrected chi connectivity index (χ4v) is 2.52. The molecule has 2 nitrogen and oxygen atoms in total. The van der Waals surface area contributed by atoms with E-state index in [2.05, 4.69) is 12.2 Å². The molecule has 1 aliphatic carbocycles. The minimum Gasteiger partial charge on any atom is -0.381 e. The smallest absolute Gasteiger partial charge is 0.123 e. The van der Waals surface area contributed by atoms with Gasteiger partial charge in [0.25, 0.3) is 0 Å². The van der Waals surface area contributed by atoms with Gasteiger partial charge in [-0.15, -0.1) is 0 Å². The lowest BCUT2D eigenvalue weighted by Crippen LogP contribution is -2.40. The van der Waals surface area contributed by atoms with Crippen LogP contribution in [0.3, 0.4) is 0 Å². The Kier molecular flexibility index (Phi) is 5.80. The second-order valence-electron chi connectivity index (χ2n) is 5.34. The first kappa shape index (κ1) is 14.5. The summed E-state index contributed by atoms with van der Waals surface area (Å²) >= 11 is 0. The van der Waals surface area contributed by atoms with Gasteiger partial charge in [-0.25, -0.2) is 4.39 Å². The molecule has 1 aliphatic rings. The number of benzene rings is 1. The van der Waals surface area contributed by atoms with Gasteiger partial charge in [0, 0.05) is 19.3 Å². The van der Waals surface area contributed by atoms with E-state index in [-0.39, 0.29) is 5.82 Å². The molecule has 19 heavy (non-hydrogen) atoms. The highest BCUT2D eigenvalue weighted by atomic mass is 19.1. The maximum Gasteiger partial charge on any atom is 0.123 e. The van der Waals surface area contributed by atoms with Crippen molar-refractivity contribution in [2.45, 2.75) is 44.6 Å². The van der Waals surface area contributed by atoms with Gasteiger partial charge in [-0.2, -0.15) is 0 Å². The molecule has 1 N–H and O–H groups in total. The quantitative estimate of drug-likeness (QED) is 0.727. The molecule has 2 rings (SSSR count). The van der Waals surface area contributed by atoms with Crippen molar-refractivity contribution in [1.29, 1.82) is 0 Å². The topological polar surface area (TPSA) is 21.3 Å². The zero-order chi connectivity index (χ0) is 13.5. The molecule has 0 amide bonds. The number of hydrogen-bond donors (Lipinski definition) is 1. The Hall–Kier alpha value is -0.930. The maximum absolute atomic E-state index is 12.8. The Morgan fingerprint density at radius 3 is 2.63 bits per heavy atom. The molecule has 0 bridgehead atoms. The van der Waals surface area contributed by atoms with E-state index in [0.29, 0.717) is 12.0 Å². The first-order valence-corrected chi connectivity index (χ1v) is 7.36. The number of halogens is 1. The van der Waals surface area contributed by atoms with E-state index in [9.17, 15) is 4.39 Å². The van der Waals surface area contributed by atoms with E-state index in [0.717, 1.165) is 32.6 Å². The third-order valence-electron chi connectivity index (χ3n) is 3.73. The summed E-state index contributed by atoms with van der Waals surface area (Å²) in [5.41, 5.74) is 1.27. The van der Waals surface area contributed by atoms with Crippen molar-refractivity contribution in [2.24, 2.45) is 0 Å². The summed E-state index contributed by atoms with van der Waals surface area (Å²) in [6.07, 6.45) is 4.51. The van der Waals surface area contributed by atoms with Crippen molar-refractivity contribution < 1.29 is 9.13 Å². The van der Waals surface area contributed by atoms with Crippen LogP contribution in [0.2, 0.25) is 0 Å². The van der Waals surface area contributed by atoms with Crippen molar-refractivity contribution in [3.63, 3.8) is 0 Å². The summed E-state index contributed by atoms with van der Waals surface area (Å²) in [6, 6.07) is 7.56. The second-order valence-corrected chi connectivity index (χ2v) is 5.34. The van der Waals surface area contributed by atoms with Crippen molar-refractivity contribution in [3.8, 4) is 0 Å². The number of nitrogens with one attached hydrogen (secondary N) is 1. The van der Waals surface area contributed by atoms with Gasteiger partial charge in [0.2, 0.25) is 0 Å². The van der Waals surface area contributed by atoms with Crippen molar-refractivity contribution in [1.82, 2.24) is 5.32 Å². The fraction of sp³-hybridized carbons (Fsp3) is 0.625. The molecule has 106 valence electrons. The molecule has 0 unspecified atom stereocenters. The summed E-state index contributed by atoms with van der Waals surface area (Å²) < 4.78 is 18.3. The lowest BCUT2D eigenvalue weighted by molar-refractivity contribution is 0.130. The number of ether oxygens (including phenoxy) is 1. The molecule has 1 fully saturated rings. The van der Waals surface area contributed by atoms with Crippen LogP contribution in [0, 0.1) is 5.82 Å².